The number of amides is 1. The summed E-state index contributed by atoms with van der Waals surface area (Å²) in [6, 6.07) is -5.49. The molecule has 2 heterocycles. The van der Waals surface area contributed by atoms with Crippen LogP contribution in [0.5, 0.6) is 0 Å². The monoisotopic (exact) mass is 526 g/mol. The van der Waals surface area contributed by atoms with Crippen molar-refractivity contribution in [3.8, 4) is 0 Å². The SMILES string of the molecule is COC(=O)N1[C@H](C(F)F)C[C@H](NS(=O)(=O)CF)[C@@H]1CO[C@H]1CC[C@@]2(c3ncc(Cl)cn3)C[C@H]2C1. The molecule has 0 unspecified atom stereocenters. The maximum atomic E-state index is 13.7. The average Bonchev–Trinajstić information content (AvgIpc) is 3.44. The highest BCUT2D eigenvalue weighted by atomic mass is 35.5. The molecule has 1 N–H and O–H groups in total. The number of aromatic nitrogens is 2. The number of halogens is 4. The summed E-state index contributed by atoms with van der Waals surface area (Å²) in [5.41, 5.74) is -0.115. The van der Waals surface area contributed by atoms with Gasteiger partial charge in [-0.15, -0.1) is 0 Å². The van der Waals surface area contributed by atoms with Crippen LogP contribution in [0.4, 0.5) is 18.0 Å². The number of nitrogens with zero attached hydrogens (tertiary/aromatic N) is 3. The first kappa shape index (κ1) is 25.4. The number of hydrogen-bond acceptors (Lipinski definition) is 7. The Morgan fingerprint density at radius 1 is 1.35 bits per heavy atom. The van der Waals surface area contributed by atoms with E-state index in [-0.39, 0.29) is 24.5 Å². The third-order valence-corrected chi connectivity index (χ3v) is 8.23. The van der Waals surface area contributed by atoms with Gasteiger partial charge >= 0.3 is 6.09 Å². The molecule has 4 rings (SSSR count). The highest BCUT2D eigenvalue weighted by molar-refractivity contribution is 7.89. The first-order chi connectivity index (χ1) is 16.1. The molecule has 1 amide bonds. The first-order valence-corrected chi connectivity index (χ1v) is 12.9. The molecule has 0 spiro atoms. The van der Waals surface area contributed by atoms with Gasteiger partial charge in [0.1, 0.15) is 5.82 Å². The third-order valence-electron chi connectivity index (χ3n) is 7.09. The Bertz CT molecular complexity index is 1000. The van der Waals surface area contributed by atoms with E-state index in [0.29, 0.717) is 23.8 Å². The lowest BCUT2D eigenvalue weighted by atomic mass is 9.86. The molecule has 1 aromatic heterocycles. The van der Waals surface area contributed by atoms with Crippen LogP contribution in [-0.4, -0.2) is 79.8 Å². The minimum Gasteiger partial charge on any atom is -0.453 e. The van der Waals surface area contributed by atoms with Crippen molar-refractivity contribution in [3.05, 3.63) is 23.2 Å². The standard InChI is InChI=1S/C20H26ClF3N4O5S/c1-32-19(29)28-15(17(23)24)5-14(27-34(30,31)10-22)16(28)9-33-13-2-3-20(6-11(20)4-13)18-25-7-12(21)8-26-18/h7-8,11,13-17,27H,2-6,9-10H2,1H3/t11-,13+,14+,15+,16+,20-/m1/s1. The number of sulfonamides is 1. The summed E-state index contributed by atoms with van der Waals surface area (Å²) in [5.74, 6) is 1.04. The number of hydrogen-bond donors (Lipinski definition) is 1. The second-order valence-electron chi connectivity index (χ2n) is 9.04. The average molecular weight is 527 g/mol. The molecule has 0 aromatic carbocycles. The molecular weight excluding hydrogens is 501 g/mol. The van der Waals surface area contributed by atoms with Gasteiger partial charge in [0.25, 0.3) is 6.43 Å². The lowest BCUT2D eigenvalue weighted by Crippen LogP contribution is -2.51. The fraction of sp³-hybridized carbons (Fsp3) is 0.750. The van der Waals surface area contributed by atoms with Crippen LogP contribution < -0.4 is 4.72 Å². The molecule has 34 heavy (non-hydrogen) atoms. The van der Waals surface area contributed by atoms with Gasteiger partial charge in [0.15, 0.2) is 0 Å². The van der Waals surface area contributed by atoms with Crippen LogP contribution in [0.1, 0.15) is 37.9 Å². The largest absolute Gasteiger partial charge is 0.453 e. The van der Waals surface area contributed by atoms with Gasteiger partial charge in [-0.05, 0) is 38.0 Å². The number of methoxy groups -OCH3 is 1. The van der Waals surface area contributed by atoms with Crippen molar-refractivity contribution in [2.24, 2.45) is 5.92 Å². The predicted octanol–water partition coefficient (Wildman–Crippen LogP) is 2.65. The number of carbonyl (C=O) groups is 1. The van der Waals surface area contributed by atoms with Crippen LogP contribution in [0, 0.1) is 5.92 Å². The number of fused-ring (bicyclic) bond motifs is 1. The van der Waals surface area contributed by atoms with Crippen molar-refractivity contribution in [2.45, 2.75) is 68.2 Å². The summed E-state index contributed by atoms with van der Waals surface area (Å²) in [6.45, 7) is -0.195. The van der Waals surface area contributed by atoms with Crippen LogP contribution >= 0.6 is 11.6 Å². The molecule has 1 saturated heterocycles. The zero-order chi connectivity index (χ0) is 24.7. The molecule has 2 saturated carbocycles. The lowest BCUT2D eigenvalue weighted by molar-refractivity contribution is -0.0239. The van der Waals surface area contributed by atoms with Crippen molar-refractivity contribution in [1.29, 1.82) is 0 Å². The van der Waals surface area contributed by atoms with E-state index in [1.54, 1.807) is 12.4 Å². The second-order valence-corrected chi connectivity index (χ2v) is 11.2. The number of ether oxygens (including phenoxy) is 2. The second kappa shape index (κ2) is 9.75. The fourth-order valence-electron chi connectivity index (χ4n) is 5.35. The van der Waals surface area contributed by atoms with Crippen LogP contribution in [0.3, 0.4) is 0 Å². The van der Waals surface area contributed by atoms with Crippen molar-refractivity contribution < 1.29 is 35.9 Å². The topological polar surface area (TPSA) is 111 Å². The molecule has 0 bridgehead atoms. The Kier molecular flexibility index (Phi) is 7.28. The third kappa shape index (κ3) is 4.98. The number of likely N-dealkylation sites (tertiary alicyclic amines) is 1. The molecule has 3 aliphatic rings. The summed E-state index contributed by atoms with van der Waals surface area (Å²) in [7, 11) is -3.30. The number of carbonyl (C=O) groups excluding carboxylic acids is 1. The summed E-state index contributed by atoms with van der Waals surface area (Å²) in [6.07, 6.45) is 1.59. The zero-order valence-corrected chi connectivity index (χ0v) is 19.9. The number of rotatable bonds is 8. The summed E-state index contributed by atoms with van der Waals surface area (Å²) >= 11 is 5.88. The van der Waals surface area contributed by atoms with Gasteiger partial charge in [0, 0.05) is 23.9 Å². The van der Waals surface area contributed by atoms with Gasteiger partial charge in [0.05, 0.1) is 36.9 Å². The highest BCUT2D eigenvalue weighted by Crippen LogP contribution is 2.61. The molecule has 190 valence electrons. The molecule has 1 aliphatic heterocycles. The molecule has 14 heteroatoms. The Balaban J connectivity index is 1.44. The summed E-state index contributed by atoms with van der Waals surface area (Å²) in [4.78, 5) is 21.8. The Morgan fingerprint density at radius 2 is 2.06 bits per heavy atom. The number of nitrogens with one attached hydrogen (secondary N) is 1. The van der Waals surface area contributed by atoms with E-state index < -0.39 is 46.7 Å². The highest BCUT2D eigenvalue weighted by Gasteiger charge is 2.60. The fourth-order valence-corrected chi connectivity index (χ4v) is 6.22. The molecule has 6 atom stereocenters. The van der Waals surface area contributed by atoms with Gasteiger partial charge < -0.3 is 9.47 Å². The van der Waals surface area contributed by atoms with Crippen molar-refractivity contribution in [3.63, 3.8) is 0 Å². The van der Waals surface area contributed by atoms with Crippen molar-refractivity contribution in [2.75, 3.05) is 19.7 Å². The number of alkyl halides is 3. The van der Waals surface area contributed by atoms with Crippen LogP contribution in [0.25, 0.3) is 0 Å². The van der Waals surface area contributed by atoms with Crippen LogP contribution in [0.15, 0.2) is 12.4 Å². The van der Waals surface area contributed by atoms with Gasteiger partial charge in [-0.1, -0.05) is 11.6 Å². The van der Waals surface area contributed by atoms with Gasteiger partial charge in [-0.3, -0.25) is 4.90 Å². The van der Waals surface area contributed by atoms with E-state index in [2.05, 4.69) is 19.4 Å². The van der Waals surface area contributed by atoms with E-state index in [1.807, 2.05) is 0 Å². The van der Waals surface area contributed by atoms with Crippen LogP contribution in [0.2, 0.25) is 5.02 Å². The quantitative estimate of drug-likeness (QED) is 0.554. The minimum absolute atomic E-state index is 0.115. The van der Waals surface area contributed by atoms with Crippen molar-refractivity contribution in [1.82, 2.24) is 19.6 Å². The predicted molar refractivity (Wildman–Crippen MR) is 115 cm³/mol. The molecule has 3 fully saturated rings. The molecule has 2 aliphatic carbocycles. The summed E-state index contributed by atoms with van der Waals surface area (Å²) < 4.78 is 76.6. The van der Waals surface area contributed by atoms with Crippen molar-refractivity contribution >= 4 is 27.7 Å². The maximum Gasteiger partial charge on any atom is 0.410 e. The van der Waals surface area contributed by atoms with E-state index in [0.717, 1.165) is 30.7 Å². The molecular formula is C20H26ClF3N4O5S. The lowest BCUT2D eigenvalue weighted by Gasteiger charge is -2.33. The van der Waals surface area contributed by atoms with Gasteiger partial charge in [0.2, 0.25) is 16.0 Å². The van der Waals surface area contributed by atoms with Gasteiger partial charge in [-0.25, -0.2) is 41.1 Å². The van der Waals surface area contributed by atoms with Gasteiger partial charge in [-0.2, -0.15) is 0 Å². The van der Waals surface area contributed by atoms with Crippen LogP contribution in [-0.2, 0) is 24.9 Å². The Hall–Kier alpha value is -1.70. The van der Waals surface area contributed by atoms with E-state index in [1.165, 1.54) is 0 Å². The normalized spacial score (nSPS) is 33.1. The maximum absolute atomic E-state index is 13.7. The van der Waals surface area contributed by atoms with E-state index >= 15 is 0 Å². The van der Waals surface area contributed by atoms with E-state index in [9.17, 15) is 26.4 Å². The first-order valence-electron chi connectivity index (χ1n) is 10.9. The molecule has 0 radical (unpaired) electrons. The molecule has 1 aromatic rings. The zero-order valence-electron chi connectivity index (χ0n) is 18.4. The molecule has 9 nitrogen and oxygen atoms in total. The van der Waals surface area contributed by atoms with E-state index in [4.69, 9.17) is 16.3 Å². The minimum atomic E-state index is -4.35. The Morgan fingerprint density at radius 3 is 2.65 bits per heavy atom. The smallest absolute Gasteiger partial charge is 0.410 e. The summed E-state index contributed by atoms with van der Waals surface area (Å²) in [5, 5.41) is 0.459. The Labute approximate surface area is 200 Å².